The molecule has 0 amide bonds. The molecule has 1 aliphatic heterocycles. The predicted molar refractivity (Wildman–Crippen MR) is 61.4 cm³/mol. The Balaban J connectivity index is 1.81. The highest BCUT2D eigenvalue weighted by molar-refractivity contribution is 5.98. The van der Waals surface area contributed by atoms with Crippen LogP contribution in [0.3, 0.4) is 0 Å². The summed E-state index contributed by atoms with van der Waals surface area (Å²) < 4.78 is 10.5. The maximum atomic E-state index is 11.9. The molecule has 4 nitrogen and oxygen atoms in total. The highest BCUT2D eigenvalue weighted by atomic mass is 16.6. The normalized spacial score (nSPS) is 31.6. The van der Waals surface area contributed by atoms with Crippen molar-refractivity contribution in [3.63, 3.8) is 0 Å². The summed E-state index contributed by atoms with van der Waals surface area (Å²) in [6.07, 6.45) is 1.75. The van der Waals surface area contributed by atoms with Crippen LogP contribution >= 0.6 is 0 Å². The van der Waals surface area contributed by atoms with Crippen molar-refractivity contribution in [2.75, 3.05) is 13.2 Å². The van der Waals surface area contributed by atoms with Crippen molar-refractivity contribution in [2.24, 2.45) is 11.3 Å². The van der Waals surface area contributed by atoms with E-state index in [1.54, 1.807) is 20.8 Å². The van der Waals surface area contributed by atoms with E-state index in [1.807, 2.05) is 0 Å². The molecule has 0 bridgehead atoms. The van der Waals surface area contributed by atoms with Gasteiger partial charge in [0.15, 0.2) is 0 Å². The van der Waals surface area contributed by atoms with Crippen LogP contribution in [0.5, 0.6) is 0 Å². The molecule has 1 spiro atoms. The molecule has 0 aromatic heterocycles. The molecule has 0 radical (unpaired) electrons. The minimum atomic E-state index is -0.519. The van der Waals surface area contributed by atoms with E-state index in [0.29, 0.717) is 6.61 Å². The van der Waals surface area contributed by atoms with Crippen molar-refractivity contribution in [1.29, 1.82) is 0 Å². The molecule has 1 saturated heterocycles. The van der Waals surface area contributed by atoms with E-state index < -0.39 is 11.6 Å². The van der Waals surface area contributed by atoms with Gasteiger partial charge >= 0.3 is 5.97 Å². The lowest BCUT2D eigenvalue weighted by Gasteiger charge is -2.19. The Bertz CT molecular complexity index is 334. The van der Waals surface area contributed by atoms with Gasteiger partial charge < -0.3 is 9.47 Å². The number of esters is 1. The molecule has 2 aliphatic rings. The summed E-state index contributed by atoms with van der Waals surface area (Å²) in [7, 11) is 0. The van der Waals surface area contributed by atoms with E-state index in [4.69, 9.17) is 9.47 Å². The van der Waals surface area contributed by atoms with Crippen LogP contribution in [0, 0.1) is 11.3 Å². The van der Waals surface area contributed by atoms with Gasteiger partial charge in [-0.25, -0.2) is 0 Å². The predicted octanol–water partition coefficient (Wildman–Crippen LogP) is 1.71. The molecule has 96 valence electrons. The van der Waals surface area contributed by atoms with Crippen molar-refractivity contribution in [1.82, 2.24) is 0 Å². The van der Waals surface area contributed by atoms with Crippen molar-refractivity contribution < 1.29 is 19.1 Å². The van der Waals surface area contributed by atoms with Gasteiger partial charge in [0.2, 0.25) is 0 Å². The quantitative estimate of drug-likeness (QED) is 0.556. The van der Waals surface area contributed by atoms with E-state index in [1.165, 1.54) is 0 Å². The summed E-state index contributed by atoms with van der Waals surface area (Å²) in [4.78, 5) is 23.4. The van der Waals surface area contributed by atoms with Crippen LogP contribution in [-0.4, -0.2) is 30.6 Å². The first-order valence-electron chi connectivity index (χ1n) is 6.15. The van der Waals surface area contributed by atoms with Gasteiger partial charge in [-0.3, -0.25) is 9.59 Å². The molecule has 17 heavy (non-hydrogen) atoms. The fraction of sp³-hybridized carbons (Fsp3) is 0.846. The highest BCUT2D eigenvalue weighted by Gasteiger charge is 2.59. The number of carbonyl (C=O) groups is 2. The lowest BCUT2D eigenvalue weighted by Crippen LogP contribution is -2.26. The molecule has 2 rings (SSSR count). The third-order valence-corrected chi connectivity index (χ3v) is 3.45. The maximum absolute atomic E-state index is 11.9. The fourth-order valence-corrected chi connectivity index (χ4v) is 2.50. The van der Waals surface area contributed by atoms with Gasteiger partial charge in [-0.15, -0.1) is 0 Å². The second-order valence-electron chi connectivity index (χ2n) is 6.15. The standard InChI is InChI=1S/C13H20O4/c1-12(2,3)17-11(15)6-10(14)9-7-13(9)4-5-16-8-13/h9H,4-8H2,1-3H3/t9-,13-/m1/s1. The minimum Gasteiger partial charge on any atom is -0.460 e. The Morgan fingerprint density at radius 3 is 2.65 bits per heavy atom. The summed E-state index contributed by atoms with van der Waals surface area (Å²) in [5, 5.41) is 0. The Hall–Kier alpha value is -0.900. The van der Waals surface area contributed by atoms with Crippen LogP contribution < -0.4 is 0 Å². The van der Waals surface area contributed by atoms with Crippen molar-refractivity contribution >= 4 is 11.8 Å². The van der Waals surface area contributed by atoms with Crippen LogP contribution in [0.25, 0.3) is 0 Å². The number of rotatable bonds is 3. The van der Waals surface area contributed by atoms with Crippen molar-refractivity contribution in [3.05, 3.63) is 0 Å². The minimum absolute atomic E-state index is 0.0183. The molecular weight excluding hydrogens is 220 g/mol. The van der Waals surface area contributed by atoms with E-state index in [0.717, 1.165) is 19.4 Å². The highest BCUT2D eigenvalue weighted by Crippen LogP contribution is 2.58. The van der Waals surface area contributed by atoms with E-state index in [-0.39, 0.29) is 23.5 Å². The largest absolute Gasteiger partial charge is 0.460 e. The molecule has 0 N–H and O–H groups in total. The summed E-state index contributed by atoms with van der Waals surface area (Å²) in [6, 6.07) is 0. The lowest BCUT2D eigenvalue weighted by atomic mass is 10.00. The average Bonchev–Trinajstić information content (AvgIpc) is 2.61. The van der Waals surface area contributed by atoms with Gasteiger partial charge in [0, 0.05) is 17.9 Å². The van der Waals surface area contributed by atoms with Crippen LogP contribution in [0.4, 0.5) is 0 Å². The molecule has 1 saturated carbocycles. The number of ketones is 1. The van der Waals surface area contributed by atoms with Crippen LogP contribution in [0.2, 0.25) is 0 Å². The van der Waals surface area contributed by atoms with E-state index in [9.17, 15) is 9.59 Å². The molecule has 0 aromatic carbocycles. The van der Waals surface area contributed by atoms with E-state index in [2.05, 4.69) is 0 Å². The fourth-order valence-electron chi connectivity index (χ4n) is 2.50. The van der Waals surface area contributed by atoms with Gasteiger partial charge in [-0.2, -0.15) is 0 Å². The Labute approximate surface area is 102 Å². The number of ether oxygens (including phenoxy) is 2. The first-order chi connectivity index (χ1) is 7.82. The molecule has 0 unspecified atom stereocenters. The second kappa shape index (κ2) is 4.09. The summed E-state index contributed by atoms with van der Waals surface area (Å²) >= 11 is 0. The van der Waals surface area contributed by atoms with Crippen LogP contribution in [0.15, 0.2) is 0 Å². The van der Waals surface area contributed by atoms with Crippen molar-refractivity contribution in [2.45, 2.75) is 45.6 Å². The smallest absolute Gasteiger partial charge is 0.313 e. The average molecular weight is 240 g/mol. The zero-order valence-corrected chi connectivity index (χ0v) is 10.7. The molecule has 1 aliphatic carbocycles. The summed E-state index contributed by atoms with van der Waals surface area (Å²) in [5.74, 6) is -0.370. The zero-order valence-electron chi connectivity index (χ0n) is 10.7. The molecule has 2 atom stereocenters. The zero-order chi connectivity index (χ0) is 12.7. The molecule has 4 heteroatoms. The van der Waals surface area contributed by atoms with E-state index >= 15 is 0 Å². The Kier molecular flexibility index (Phi) is 3.02. The molecular formula is C13H20O4. The van der Waals surface area contributed by atoms with Crippen LogP contribution in [-0.2, 0) is 19.1 Å². The third-order valence-electron chi connectivity index (χ3n) is 3.45. The van der Waals surface area contributed by atoms with Gasteiger partial charge in [-0.05, 0) is 33.6 Å². The van der Waals surface area contributed by atoms with Crippen LogP contribution in [0.1, 0.15) is 40.0 Å². The maximum Gasteiger partial charge on any atom is 0.313 e. The topological polar surface area (TPSA) is 52.6 Å². The van der Waals surface area contributed by atoms with Gasteiger partial charge in [0.1, 0.15) is 17.8 Å². The third kappa shape index (κ3) is 2.86. The number of hydrogen-bond acceptors (Lipinski definition) is 4. The number of Topliss-reactive ketones (excluding diaryl/α,β-unsaturated/α-hetero) is 1. The first-order valence-corrected chi connectivity index (χ1v) is 6.15. The second-order valence-corrected chi connectivity index (χ2v) is 6.15. The Morgan fingerprint density at radius 1 is 1.41 bits per heavy atom. The molecule has 2 fully saturated rings. The molecule has 1 heterocycles. The van der Waals surface area contributed by atoms with Gasteiger partial charge in [-0.1, -0.05) is 0 Å². The lowest BCUT2D eigenvalue weighted by molar-refractivity contribution is -0.156. The number of hydrogen-bond donors (Lipinski definition) is 0. The number of carbonyl (C=O) groups excluding carboxylic acids is 2. The molecule has 0 aromatic rings. The van der Waals surface area contributed by atoms with Gasteiger partial charge in [0.05, 0.1) is 6.61 Å². The SMILES string of the molecule is CC(C)(C)OC(=O)CC(=O)[C@H]1C[C@@]12CCOC2. The Morgan fingerprint density at radius 2 is 2.12 bits per heavy atom. The summed E-state index contributed by atoms with van der Waals surface area (Å²) in [5.41, 5.74) is -0.450. The van der Waals surface area contributed by atoms with Gasteiger partial charge in [0.25, 0.3) is 0 Å². The monoisotopic (exact) mass is 240 g/mol. The summed E-state index contributed by atoms with van der Waals surface area (Å²) in [6.45, 7) is 6.84. The first kappa shape index (κ1) is 12.6. The van der Waals surface area contributed by atoms with Crippen molar-refractivity contribution in [3.8, 4) is 0 Å².